The van der Waals surface area contributed by atoms with E-state index in [0.29, 0.717) is 0 Å². The number of allylic oxidation sites excluding steroid dienone is 1. The van der Waals surface area contributed by atoms with Gasteiger partial charge in [0, 0.05) is 12.4 Å². The lowest BCUT2D eigenvalue weighted by Gasteiger charge is -2.17. The molecule has 0 bridgehead atoms. The number of imidazole rings is 1. The van der Waals surface area contributed by atoms with Gasteiger partial charge in [0.05, 0.1) is 6.04 Å². The number of hydrogen-bond acceptors (Lipinski definition) is 2. The van der Waals surface area contributed by atoms with Crippen LogP contribution in [0.2, 0.25) is 0 Å². The van der Waals surface area contributed by atoms with Crippen LogP contribution in [0.1, 0.15) is 37.5 Å². The molecule has 0 amide bonds. The smallest absolute Gasteiger partial charge is 0.127 e. The summed E-state index contributed by atoms with van der Waals surface area (Å²) in [6, 6.07) is -0.0182. The molecule has 1 aliphatic rings. The van der Waals surface area contributed by atoms with Gasteiger partial charge in [-0.25, -0.2) is 4.98 Å². The maximum Gasteiger partial charge on any atom is 0.127 e. The molecule has 1 heterocycles. The highest BCUT2D eigenvalue weighted by molar-refractivity contribution is 5.18. The molecular weight excluding hydrogens is 162 g/mol. The largest absolute Gasteiger partial charge is 0.347 e. The summed E-state index contributed by atoms with van der Waals surface area (Å²) in [6.07, 6.45) is 10.7. The molecule has 0 radical (unpaired) electrons. The molecule has 1 unspecified atom stereocenters. The lowest BCUT2D eigenvalue weighted by atomic mass is 9.94. The minimum Gasteiger partial charge on any atom is -0.347 e. The van der Waals surface area contributed by atoms with E-state index in [0.717, 1.165) is 12.2 Å². The molecule has 0 aromatic carbocycles. The zero-order chi connectivity index (χ0) is 9.10. The van der Waals surface area contributed by atoms with E-state index in [-0.39, 0.29) is 6.04 Å². The molecule has 2 rings (SSSR count). The van der Waals surface area contributed by atoms with Gasteiger partial charge in [-0.05, 0) is 31.3 Å². The van der Waals surface area contributed by atoms with Crippen LogP contribution in [0.5, 0.6) is 0 Å². The minimum atomic E-state index is -0.0182. The summed E-state index contributed by atoms with van der Waals surface area (Å²) in [6.45, 7) is 0. The normalized spacial score (nSPS) is 19.6. The van der Waals surface area contributed by atoms with Gasteiger partial charge < -0.3 is 10.7 Å². The van der Waals surface area contributed by atoms with Crippen molar-refractivity contribution in [1.82, 2.24) is 9.97 Å². The molecule has 0 fully saturated rings. The maximum absolute atomic E-state index is 6.05. The zero-order valence-corrected chi connectivity index (χ0v) is 7.66. The maximum atomic E-state index is 6.05. The summed E-state index contributed by atoms with van der Waals surface area (Å²) in [4.78, 5) is 7.23. The molecule has 0 aliphatic heterocycles. The summed E-state index contributed by atoms with van der Waals surface area (Å²) in [7, 11) is 0. The van der Waals surface area contributed by atoms with Crippen molar-refractivity contribution in [1.29, 1.82) is 0 Å². The Labute approximate surface area is 78.1 Å². The van der Waals surface area contributed by atoms with Crippen LogP contribution in [0.3, 0.4) is 0 Å². The average Bonchev–Trinajstić information content (AvgIpc) is 2.71. The first kappa shape index (κ1) is 8.51. The number of aromatic amines is 1. The number of nitrogens with zero attached hydrogens (tertiary/aromatic N) is 1. The molecule has 1 aromatic rings. The van der Waals surface area contributed by atoms with Crippen LogP contribution < -0.4 is 5.73 Å². The number of nitrogens with two attached hydrogens (primary N) is 1. The van der Waals surface area contributed by atoms with Crippen LogP contribution >= 0.6 is 0 Å². The number of H-pyrrole nitrogens is 1. The summed E-state index contributed by atoms with van der Waals surface area (Å²) < 4.78 is 0. The standard InChI is InChI=1S/C10H15N3/c11-9(10-12-6-7-13-10)8-4-2-1-3-5-8/h4,6-7,9H,1-3,5,11H2,(H,12,13). The lowest BCUT2D eigenvalue weighted by molar-refractivity contribution is 0.635. The molecule has 70 valence electrons. The van der Waals surface area contributed by atoms with E-state index in [1.807, 2.05) is 6.20 Å². The van der Waals surface area contributed by atoms with Crippen molar-refractivity contribution < 1.29 is 0 Å². The van der Waals surface area contributed by atoms with Crippen molar-refractivity contribution in [3.63, 3.8) is 0 Å². The van der Waals surface area contributed by atoms with Crippen molar-refractivity contribution in [3.8, 4) is 0 Å². The van der Waals surface area contributed by atoms with Gasteiger partial charge in [-0.3, -0.25) is 0 Å². The summed E-state index contributed by atoms with van der Waals surface area (Å²) in [5, 5.41) is 0. The fourth-order valence-corrected chi connectivity index (χ4v) is 1.77. The van der Waals surface area contributed by atoms with E-state index >= 15 is 0 Å². The molecule has 1 aromatic heterocycles. The molecule has 0 spiro atoms. The van der Waals surface area contributed by atoms with Gasteiger partial charge in [-0.1, -0.05) is 6.08 Å². The van der Waals surface area contributed by atoms with Crippen molar-refractivity contribution in [3.05, 3.63) is 29.9 Å². The van der Waals surface area contributed by atoms with E-state index in [2.05, 4.69) is 16.0 Å². The topological polar surface area (TPSA) is 54.7 Å². The second-order valence-corrected chi connectivity index (χ2v) is 3.48. The van der Waals surface area contributed by atoms with Crippen LogP contribution in [-0.4, -0.2) is 9.97 Å². The predicted molar refractivity (Wildman–Crippen MR) is 52.1 cm³/mol. The fourth-order valence-electron chi connectivity index (χ4n) is 1.77. The number of hydrogen-bond donors (Lipinski definition) is 2. The van der Waals surface area contributed by atoms with Crippen molar-refractivity contribution in [2.45, 2.75) is 31.7 Å². The minimum absolute atomic E-state index is 0.0182. The monoisotopic (exact) mass is 177 g/mol. The quantitative estimate of drug-likeness (QED) is 0.678. The molecule has 3 nitrogen and oxygen atoms in total. The predicted octanol–water partition coefficient (Wildman–Crippen LogP) is 1.91. The molecule has 3 heteroatoms. The Bertz CT molecular complexity index is 287. The van der Waals surface area contributed by atoms with Crippen molar-refractivity contribution >= 4 is 0 Å². The first-order valence-corrected chi connectivity index (χ1v) is 4.81. The van der Waals surface area contributed by atoms with Crippen LogP contribution in [0.4, 0.5) is 0 Å². The summed E-state index contributed by atoms with van der Waals surface area (Å²) in [5.74, 6) is 0.883. The van der Waals surface area contributed by atoms with E-state index in [9.17, 15) is 0 Å². The highest BCUT2D eigenvalue weighted by Gasteiger charge is 2.15. The molecule has 3 N–H and O–H groups in total. The van der Waals surface area contributed by atoms with E-state index in [1.54, 1.807) is 6.20 Å². The zero-order valence-electron chi connectivity index (χ0n) is 7.66. The van der Waals surface area contributed by atoms with Crippen molar-refractivity contribution in [2.75, 3.05) is 0 Å². The molecule has 0 saturated carbocycles. The number of nitrogens with one attached hydrogen (secondary N) is 1. The van der Waals surface area contributed by atoms with Crippen molar-refractivity contribution in [2.24, 2.45) is 5.73 Å². The Morgan fingerprint density at radius 3 is 3.00 bits per heavy atom. The third kappa shape index (κ3) is 1.80. The molecule has 0 saturated heterocycles. The van der Waals surface area contributed by atoms with Gasteiger partial charge >= 0.3 is 0 Å². The van der Waals surface area contributed by atoms with Gasteiger partial charge in [-0.15, -0.1) is 0 Å². The SMILES string of the molecule is NC(C1=CCCCC1)c1ncc[nH]1. The third-order valence-electron chi connectivity index (χ3n) is 2.54. The highest BCUT2D eigenvalue weighted by atomic mass is 14.9. The number of rotatable bonds is 2. The van der Waals surface area contributed by atoms with Gasteiger partial charge in [0.1, 0.15) is 5.82 Å². The van der Waals surface area contributed by atoms with Crippen LogP contribution in [0, 0.1) is 0 Å². The van der Waals surface area contributed by atoms with Gasteiger partial charge in [0.15, 0.2) is 0 Å². The Balaban J connectivity index is 2.12. The Kier molecular flexibility index (Phi) is 2.45. The lowest BCUT2D eigenvalue weighted by Crippen LogP contribution is -2.16. The molecule has 1 aliphatic carbocycles. The molecule has 1 atom stereocenters. The highest BCUT2D eigenvalue weighted by Crippen LogP contribution is 2.25. The first-order chi connectivity index (χ1) is 6.38. The first-order valence-electron chi connectivity index (χ1n) is 4.81. The summed E-state index contributed by atoms with van der Waals surface area (Å²) >= 11 is 0. The van der Waals surface area contributed by atoms with Gasteiger partial charge in [0.2, 0.25) is 0 Å². The average molecular weight is 177 g/mol. The van der Waals surface area contributed by atoms with Gasteiger partial charge in [0.25, 0.3) is 0 Å². The number of aromatic nitrogens is 2. The second-order valence-electron chi connectivity index (χ2n) is 3.48. The van der Waals surface area contributed by atoms with E-state index in [1.165, 1.54) is 24.8 Å². The van der Waals surface area contributed by atoms with Crippen LogP contribution in [-0.2, 0) is 0 Å². The van der Waals surface area contributed by atoms with Crippen LogP contribution in [0.15, 0.2) is 24.0 Å². The molecule has 13 heavy (non-hydrogen) atoms. The fraction of sp³-hybridized carbons (Fsp3) is 0.500. The third-order valence-corrected chi connectivity index (χ3v) is 2.54. The Hall–Kier alpha value is -1.09. The van der Waals surface area contributed by atoms with Gasteiger partial charge in [-0.2, -0.15) is 0 Å². The second kappa shape index (κ2) is 3.75. The Morgan fingerprint density at radius 2 is 2.38 bits per heavy atom. The molecular formula is C10H15N3. The Morgan fingerprint density at radius 1 is 1.46 bits per heavy atom. The van der Waals surface area contributed by atoms with Crippen LogP contribution in [0.25, 0.3) is 0 Å². The summed E-state index contributed by atoms with van der Waals surface area (Å²) in [5.41, 5.74) is 7.39. The van der Waals surface area contributed by atoms with E-state index < -0.39 is 0 Å². The van der Waals surface area contributed by atoms with E-state index in [4.69, 9.17) is 5.73 Å².